The third kappa shape index (κ3) is 5.59. The molecule has 2 aromatic rings. The molecule has 1 saturated carbocycles. The van der Waals surface area contributed by atoms with Crippen molar-refractivity contribution in [1.82, 2.24) is 14.3 Å². The molecule has 0 atom stereocenters. The molecule has 0 spiro atoms. The highest BCUT2D eigenvalue weighted by molar-refractivity contribution is 5.94. The Labute approximate surface area is 175 Å². The highest BCUT2D eigenvalue weighted by Gasteiger charge is 2.30. The molecule has 0 unspecified atom stereocenters. The summed E-state index contributed by atoms with van der Waals surface area (Å²) in [6.45, 7) is 10.6. The van der Waals surface area contributed by atoms with Gasteiger partial charge in [-0.15, -0.1) is 0 Å². The fourth-order valence-corrected chi connectivity index (χ4v) is 3.74. The van der Waals surface area contributed by atoms with E-state index in [2.05, 4.69) is 32.1 Å². The van der Waals surface area contributed by atoms with E-state index >= 15 is 0 Å². The van der Waals surface area contributed by atoms with Crippen molar-refractivity contribution in [3.63, 3.8) is 0 Å². The molecule has 29 heavy (non-hydrogen) atoms. The van der Waals surface area contributed by atoms with Crippen LogP contribution in [0.1, 0.15) is 87.5 Å². The van der Waals surface area contributed by atoms with Crippen molar-refractivity contribution < 1.29 is 9.90 Å². The molecule has 0 bridgehead atoms. The molecule has 1 aliphatic carbocycles. The first-order chi connectivity index (χ1) is 13.9. The normalized spacial score (nSPS) is 14.3. The molecule has 5 nitrogen and oxygen atoms in total. The average molecular weight is 400 g/mol. The van der Waals surface area contributed by atoms with Gasteiger partial charge in [0.15, 0.2) is 0 Å². The van der Waals surface area contributed by atoms with Gasteiger partial charge in [0.25, 0.3) is 5.91 Å². The number of carbonyl (C=O) groups excluding carboxylic acids is 1. The van der Waals surface area contributed by atoms with Gasteiger partial charge >= 0.3 is 0 Å². The molecule has 3 rings (SSSR count). The molecule has 0 saturated heterocycles. The van der Waals surface area contributed by atoms with E-state index in [1.165, 1.54) is 24.2 Å². The van der Waals surface area contributed by atoms with Crippen molar-refractivity contribution in [3.05, 3.63) is 35.3 Å². The lowest BCUT2D eigenvalue weighted by atomic mass is 10.1. The van der Waals surface area contributed by atoms with Gasteiger partial charge in [-0.05, 0) is 62.5 Å². The van der Waals surface area contributed by atoms with Crippen LogP contribution in [-0.4, -0.2) is 45.0 Å². The summed E-state index contributed by atoms with van der Waals surface area (Å²) in [5.74, 6) is 1.82. The molecule has 5 heteroatoms. The summed E-state index contributed by atoms with van der Waals surface area (Å²) in [5.41, 5.74) is 3.98. The summed E-state index contributed by atoms with van der Waals surface area (Å²) in [6.07, 6.45) is 7.92. The van der Waals surface area contributed by atoms with Crippen molar-refractivity contribution in [3.8, 4) is 0 Å². The second-order valence-corrected chi connectivity index (χ2v) is 9.35. The number of pyridine rings is 1. The molecule has 2 heterocycles. The Morgan fingerprint density at radius 2 is 1.83 bits per heavy atom. The number of fused-ring (bicyclic) bond motifs is 1. The van der Waals surface area contributed by atoms with Crippen LogP contribution < -0.4 is 0 Å². The van der Waals surface area contributed by atoms with E-state index < -0.39 is 0 Å². The summed E-state index contributed by atoms with van der Waals surface area (Å²) in [4.78, 5) is 20.2. The second kappa shape index (κ2) is 9.75. The molecule has 0 radical (unpaired) electrons. The zero-order valence-electron chi connectivity index (χ0n) is 18.5. The fourth-order valence-electron chi connectivity index (χ4n) is 3.74. The highest BCUT2D eigenvalue weighted by atomic mass is 16.2. The smallest absolute Gasteiger partial charge is 0.255 e. The average Bonchev–Trinajstić information content (AvgIpc) is 3.46. The molecular formula is C24H37N3O2. The Morgan fingerprint density at radius 3 is 2.38 bits per heavy atom. The molecule has 1 N–H and O–H groups in total. The van der Waals surface area contributed by atoms with Gasteiger partial charge in [-0.25, -0.2) is 4.98 Å². The van der Waals surface area contributed by atoms with Gasteiger partial charge in [0, 0.05) is 37.5 Å². The Morgan fingerprint density at radius 1 is 1.17 bits per heavy atom. The zero-order valence-corrected chi connectivity index (χ0v) is 18.5. The van der Waals surface area contributed by atoms with E-state index in [9.17, 15) is 9.90 Å². The number of aryl methyl sites for hydroxylation is 1. The van der Waals surface area contributed by atoms with Gasteiger partial charge in [-0.3, -0.25) is 4.79 Å². The Bertz CT molecular complexity index is 809. The number of amides is 1. The van der Waals surface area contributed by atoms with E-state index in [-0.39, 0.29) is 12.5 Å². The largest absolute Gasteiger partial charge is 0.396 e. The van der Waals surface area contributed by atoms with Crippen LogP contribution in [0.25, 0.3) is 5.65 Å². The maximum atomic E-state index is 13.3. The number of carbonyl (C=O) groups is 1. The summed E-state index contributed by atoms with van der Waals surface area (Å²) in [7, 11) is 0. The zero-order chi connectivity index (χ0) is 21.0. The van der Waals surface area contributed by atoms with E-state index in [0.29, 0.717) is 17.8 Å². The van der Waals surface area contributed by atoms with Gasteiger partial charge < -0.3 is 14.4 Å². The Hall–Kier alpha value is -1.88. The van der Waals surface area contributed by atoms with Gasteiger partial charge in [0.1, 0.15) is 5.65 Å². The van der Waals surface area contributed by atoms with Crippen LogP contribution in [0.15, 0.2) is 18.3 Å². The monoisotopic (exact) mass is 399 g/mol. The van der Waals surface area contributed by atoms with Crippen molar-refractivity contribution >= 4 is 11.6 Å². The van der Waals surface area contributed by atoms with Crippen LogP contribution in [0.4, 0.5) is 0 Å². The Balaban J connectivity index is 1.88. The molecule has 1 amide bonds. The number of aromatic nitrogens is 2. The highest BCUT2D eigenvalue weighted by Crippen LogP contribution is 2.41. The van der Waals surface area contributed by atoms with E-state index in [0.717, 1.165) is 50.0 Å². The summed E-state index contributed by atoms with van der Waals surface area (Å²) < 4.78 is 2.10. The van der Waals surface area contributed by atoms with Gasteiger partial charge in [0.2, 0.25) is 0 Å². The minimum atomic E-state index is 0.114. The Kier molecular flexibility index (Phi) is 7.33. The van der Waals surface area contributed by atoms with Crippen molar-refractivity contribution in [2.75, 3.05) is 19.7 Å². The predicted molar refractivity (Wildman–Crippen MR) is 117 cm³/mol. The lowest BCUT2D eigenvalue weighted by Gasteiger charge is -2.24. The van der Waals surface area contributed by atoms with E-state index in [1.54, 1.807) is 0 Å². The minimum absolute atomic E-state index is 0.114. The van der Waals surface area contributed by atoms with Crippen LogP contribution in [0, 0.1) is 11.8 Å². The van der Waals surface area contributed by atoms with Crippen molar-refractivity contribution in [1.29, 1.82) is 0 Å². The van der Waals surface area contributed by atoms with Crippen molar-refractivity contribution in [2.45, 2.75) is 72.1 Å². The van der Waals surface area contributed by atoms with Crippen LogP contribution in [0.5, 0.6) is 0 Å². The van der Waals surface area contributed by atoms with Crippen LogP contribution in [0.3, 0.4) is 0 Å². The van der Waals surface area contributed by atoms with Gasteiger partial charge in [-0.1, -0.05) is 27.7 Å². The third-order valence-corrected chi connectivity index (χ3v) is 5.77. The number of imidazole rings is 1. The van der Waals surface area contributed by atoms with E-state index in [1.807, 2.05) is 23.2 Å². The van der Waals surface area contributed by atoms with Crippen LogP contribution >= 0.6 is 0 Å². The first kappa shape index (κ1) is 21.8. The molecule has 160 valence electrons. The van der Waals surface area contributed by atoms with Crippen molar-refractivity contribution in [2.24, 2.45) is 11.8 Å². The summed E-state index contributed by atoms with van der Waals surface area (Å²) >= 11 is 0. The molecule has 2 aromatic heterocycles. The molecule has 0 aliphatic heterocycles. The number of aliphatic hydroxyl groups excluding tert-OH is 1. The number of hydrogen-bond donors (Lipinski definition) is 1. The second-order valence-electron chi connectivity index (χ2n) is 9.35. The molecule has 1 fully saturated rings. The number of hydrogen-bond acceptors (Lipinski definition) is 3. The summed E-state index contributed by atoms with van der Waals surface area (Å²) in [5, 5.41) is 9.32. The maximum Gasteiger partial charge on any atom is 0.255 e. The number of nitrogens with zero attached hydrogens (tertiary/aromatic N) is 3. The number of rotatable bonds is 11. The van der Waals surface area contributed by atoms with Gasteiger partial charge in [0.05, 0.1) is 11.3 Å². The quantitative estimate of drug-likeness (QED) is 0.597. The molecule has 0 aromatic carbocycles. The standard InChI is InChI=1S/C24H37N3O2/c1-17(2)11-13-26(14-12-18(3)4)24(29)20-9-10-22-25-23(19-7-8-19)21(6-5-15-28)27(22)16-20/h9-10,16-19,28H,5-8,11-15H2,1-4H3. The molecular weight excluding hydrogens is 362 g/mol. The fraction of sp³-hybridized carbons (Fsp3) is 0.667. The SMILES string of the molecule is CC(C)CCN(CCC(C)C)C(=O)c1ccc2nc(C3CC3)c(CCCO)n2c1. The number of aliphatic hydroxyl groups is 1. The topological polar surface area (TPSA) is 57.8 Å². The van der Waals surface area contributed by atoms with E-state index in [4.69, 9.17) is 4.98 Å². The lowest BCUT2D eigenvalue weighted by molar-refractivity contribution is 0.0740. The summed E-state index contributed by atoms with van der Waals surface area (Å²) in [6, 6.07) is 3.90. The predicted octanol–water partition coefficient (Wildman–Crippen LogP) is 4.67. The van der Waals surface area contributed by atoms with Crippen LogP contribution in [0.2, 0.25) is 0 Å². The third-order valence-electron chi connectivity index (χ3n) is 5.77. The van der Waals surface area contributed by atoms with Crippen LogP contribution in [-0.2, 0) is 6.42 Å². The lowest BCUT2D eigenvalue weighted by Crippen LogP contribution is -2.34. The first-order valence-electron chi connectivity index (χ1n) is 11.3. The first-order valence-corrected chi connectivity index (χ1v) is 11.3. The minimum Gasteiger partial charge on any atom is -0.396 e. The molecule has 1 aliphatic rings. The van der Waals surface area contributed by atoms with Gasteiger partial charge in [-0.2, -0.15) is 0 Å². The maximum absolute atomic E-state index is 13.3.